The number of β-amino-alcohol motifs (C(OH)–C–C–N with tert-alkyl or cyclic N) is 1. The van der Waals surface area contributed by atoms with Gasteiger partial charge in [-0.05, 0) is 66.9 Å². The van der Waals surface area contributed by atoms with Gasteiger partial charge in [-0.1, -0.05) is 47.5 Å². The van der Waals surface area contributed by atoms with Gasteiger partial charge in [0.15, 0.2) is 0 Å². The van der Waals surface area contributed by atoms with E-state index in [1.807, 2.05) is 0 Å². The van der Waals surface area contributed by atoms with Crippen LogP contribution in [0.1, 0.15) is 41.0 Å². The smallest absolute Gasteiger partial charge is 0.416 e. The van der Waals surface area contributed by atoms with E-state index >= 15 is 0 Å². The SMILES string of the molecule is OC(COc1ccc(Cl)c(Cl)c1)CN1CCN(CCCC(c2ccc(C(F)(F)F)cc2)c2ccc(C(F)(F)F)cc2)CC1. The zero-order chi connectivity index (χ0) is 31.2. The molecule has 1 aliphatic heterocycles. The number of hydrogen-bond donors (Lipinski definition) is 1. The Morgan fingerprint density at radius 1 is 0.721 bits per heavy atom. The molecule has 1 saturated heterocycles. The highest BCUT2D eigenvalue weighted by molar-refractivity contribution is 6.42. The van der Waals surface area contributed by atoms with Crippen molar-refractivity contribution in [3.8, 4) is 5.75 Å². The Bertz CT molecular complexity index is 1250. The van der Waals surface area contributed by atoms with Crippen molar-refractivity contribution >= 4 is 23.2 Å². The summed E-state index contributed by atoms with van der Waals surface area (Å²) in [4.78, 5) is 4.41. The fourth-order valence-corrected chi connectivity index (χ4v) is 5.45. The first-order chi connectivity index (χ1) is 20.3. The molecule has 0 bridgehead atoms. The number of aliphatic hydroxyl groups excluding tert-OH is 1. The van der Waals surface area contributed by atoms with Crippen LogP contribution in [0.2, 0.25) is 10.0 Å². The van der Waals surface area contributed by atoms with Crippen LogP contribution in [0.15, 0.2) is 66.7 Å². The summed E-state index contributed by atoms with van der Waals surface area (Å²) < 4.78 is 84.2. The van der Waals surface area contributed by atoms with Gasteiger partial charge >= 0.3 is 12.4 Å². The van der Waals surface area contributed by atoms with Gasteiger partial charge in [-0.3, -0.25) is 4.90 Å². The first-order valence-corrected chi connectivity index (χ1v) is 14.6. The quantitative estimate of drug-likeness (QED) is 0.214. The Morgan fingerprint density at radius 2 is 1.23 bits per heavy atom. The molecule has 4 rings (SSSR count). The maximum Gasteiger partial charge on any atom is 0.416 e. The number of hydrogen-bond acceptors (Lipinski definition) is 4. The zero-order valence-electron chi connectivity index (χ0n) is 23.1. The summed E-state index contributed by atoms with van der Waals surface area (Å²) in [5, 5.41) is 11.2. The highest BCUT2D eigenvalue weighted by Gasteiger charge is 2.32. The Balaban J connectivity index is 1.28. The molecule has 1 N–H and O–H groups in total. The predicted molar refractivity (Wildman–Crippen MR) is 155 cm³/mol. The molecule has 1 aliphatic rings. The normalized spacial score (nSPS) is 16.0. The van der Waals surface area contributed by atoms with Crippen LogP contribution >= 0.6 is 23.2 Å². The minimum Gasteiger partial charge on any atom is -0.491 e. The van der Waals surface area contributed by atoms with Gasteiger partial charge in [0.05, 0.1) is 21.2 Å². The van der Waals surface area contributed by atoms with E-state index in [9.17, 15) is 31.4 Å². The number of halogens is 8. The van der Waals surface area contributed by atoms with E-state index in [0.717, 1.165) is 57.0 Å². The Labute approximate surface area is 256 Å². The molecule has 43 heavy (non-hydrogen) atoms. The van der Waals surface area contributed by atoms with Crippen molar-refractivity contribution in [1.82, 2.24) is 9.80 Å². The second-order valence-electron chi connectivity index (χ2n) is 10.6. The second kappa shape index (κ2) is 14.5. The first kappa shape index (κ1) is 33.4. The lowest BCUT2D eigenvalue weighted by atomic mass is 9.86. The van der Waals surface area contributed by atoms with Crippen LogP contribution < -0.4 is 4.74 Å². The molecule has 1 unspecified atom stereocenters. The lowest BCUT2D eigenvalue weighted by molar-refractivity contribution is -0.138. The molecule has 12 heteroatoms. The monoisotopic (exact) mass is 648 g/mol. The van der Waals surface area contributed by atoms with Crippen LogP contribution in [-0.2, 0) is 12.4 Å². The highest BCUT2D eigenvalue weighted by atomic mass is 35.5. The molecule has 3 aromatic carbocycles. The van der Waals surface area contributed by atoms with Crippen LogP contribution in [0.5, 0.6) is 5.75 Å². The maximum atomic E-state index is 13.1. The van der Waals surface area contributed by atoms with Crippen LogP contribution in [-0.4, -0.2) is 66.9 Å². The maximum absolute atomic E-state index is 13.1. The van der Waals surface area contributed by atoms with Gasteiger partial charge < -0.3 is 14.7 Å². The van der Waals surface area contributed by atoms with Crippen molar-refractivity contribution in [2.45, 2.75) is 37.2 Å². The minimum atomic E-state index is -4.47. The standard InChI is InChI=1S/C31H32Cl2F6N2O2/c32-28-12-11-26(18-29(28)33)43-20-25(42)19-41-16-14-40(15-17-41)13-1-2-27(21-3-7-23(8-4-21)30(34,35)36)22-5-9-24(10-6-22)31(37,38)39/h3-12,18,25,27,42H,1-2,13-17,19-20H2. The van der Waals surface area contributed by atoms with E-state index in [1.54, 1.807) is 18.2 Å². The summed E-state index contributed by atoms with van der Waals surface area (Å²) in [6, 6.07) is 14.5. The Morgan fingerprint density at radius 3 is 1.72 bits per heavy atom. The van der Waals surface area contributed by atoms with E-state index < -0.39 is 29.6 Å². The number of alkyl halides is 6. The molecule has 1 heterocycles. The lowest BCUT2D eigenvalue weighted by Gasteiger charge is -2.35. The molecule has 0 saturated carbocycles. The molecule has 0 aromatic heterocycles. The third-order valence-electron chi connectivity index (χ3n) is 7.52. The van der Waals surface area contributed by atoms with E-state index in [2.05, 4.69) is 9.80 Å². The lowest BCUT2D eigenvalue weighted by Crippen LogP contribution is -2.49. The van der Waals surface area contributed by atoms with Crippen LogP contribution in [0.25, 0.3) is 0 Å². The van der Waals surface area contributed by atoms with E-state index in [1.165, 1.54) is 24.3 Å². The van der Waals surface area contributed by atoms with E-state index in [0.29, 0.717) is 46.3 Å². The summed E-state index contributed by atoms with van der Waals surface area (Å²) in [7, 11) is 0. The van der Waals surface area contributed by atoms with Gasteiger partial charge in [-0.2, -0.15) is 26.3 Å². The van der Waals surface area contributed by atoms with Gasteiger partial charge in [-0.25, -0.2) is 0 Å². The summed E-state index contributed by atoms with van der Waals surface area (Å²) in [6.07, 6.45) is -8.39. The first-order valence-electron chi connectivity index (χ1n) is 13.8. The van der Waals surface area contributed by atoms with Crippen molar-refractivity contribution in [3.05, 3.63) is 99.0 Å². The van der Waals surface area contributed by atoms with Gasteiger partial charge in [0, 0.05) is 44.7 Å². The molecule has 4 nitrogen and oxygen atoms in total. The second-order valence-corrected chi connectivity index (χ2v) is 11.4. The van der Waals surface area contributed by atoms with E-state index in [4.69, 9.17) is 27.9 Å². The molecule has 1 fully saturated rings. The van der Waals surface area contributed by atoms with Crippen LogP contribution in [0.3, 0.4) is 0 Å². The number of rotatable bonds is 11. The number of ether oxygens (including phenoxy) is 1. The number of aliphatic hydroxyl groups is 1. The molecular weight excluding hydrogens is 617 g/mol. The fourth-order valence-electron chi connectivity index (χ4n) is 5.16. The molecule has 0 amide bonds. The summed E-state index contributed by atoms with van der Waals surface area (Å²) in [6.45, 7) is 4.30. The van der Waals surface area contributed by atoms with Gasteiger partial charge in [0.1, 0.15) is 18.5 Å². The Kier molecular flexibility index (Phi) is 11.3. The highest BCUT2D eigenvalue weighted by Crippen LogP contribution is 2.36. The van der Waals surface area contributed by atoms with Gasteiger partial charge in [-0.15, -0.1) is 0 Å². The third kappa shape index (κ3) is 9.74. The zero-order valence-corrected chi connectivity index (χ0v) is 24.7. The molecule has 234 valence electrons. The fraction of sp³-hybridized carbons (Fsp3) is 0.419. The predicted octanol–water partition coefficient (Wildman–Crippen LogP) is 8.00. The van der Waals surface area contributed by atoms with Crippen molar-refractivity contribution in [2.24, 2.45) is 0 Å². The number of nitrogens with zero attached hydrogens (tertiary/aromatic N) is 2. The molecule has 0 radical (unpaired) electrons. The van der Waals surface area contributed by atoms with Crippen molar-refractivity contribution in [3.63, 3.8) is 0 Å². The molecule has 1 atom stereocenters. The summed E-state index contributed by atoms with van der Waals surface area (Å²) in [5.41, 5.74) is -0.304. The van der Waals surface area contributed by atoms with Crippen molar-refractivity contribution in [2.75, 3.05) is 45.9 Å². The summed E-state index contributed by atoms with van der Waals surface area (Å²) >= 11 is 11.9. The van der Waals surface area contributed by atoms with Crippen molar-refractivity contribution in [1.29, 1.82) is 0 Å². The molecule has 0 aliphatic carbocycles. The van der Waals surface area contributed by atoms with Gasteiger partial charge in [0.25, 0.3) is 0 Å². The summed E-state index contributed by atoms with van der Waals surface area (Å²) in [5.74, 6) is 0.167. The Hall–Kier alpha value is -2.50. The third-order valence-corrected chi connectivity index (χ3v) is 8.25. The molecular formula is C31H32Cl2F6N2O2. The number of piperazine rings is 1. The van der Waals surface area contributed by atoms with Gasteiger partial charge in [0.2, 0.25) is 0 Å². The molecule has 0 spiro atoms. The minimum absolute atomic E-state index is 0.105. The van der Waals surface area contributed by atoms with E-state index in [-0.39, 0.29) is 12.5 Å². The number of benzene rings is 3. The average Bonchev–Trinajstić information content (AvgIpc) is 2.96. The largest absolute Gasteiger partial charge is 0.491 e. The van der Waals surface area contributed by atoms with Crippen LogP contribution in [0.4, 0.5) is 26.3 Å². The average molecular weight is 650 g/mol. The van der Waals surface area contributed by atoms with Crippen LogP contribution in [0, 0.1) is 0 Å². The van der Waals surface area contributed by atoms with Crippen molar-refractivity contribution < 1.29 is 36.2 Å². The molecule has 3 aromatic rings. The topological polar surface area (TPSA) is 35.9 Å².